The van der Waals surface area contributed by atoms with Crippen LogP contribution in [-0.4, -0.2) is 70.3 Å². The highest BCUT2D eigenvalue weighted by atomic mass is 16.5. The third-order valence-corrected chi connectivity index (χ3v) is 4.51. The highest BCUT2D eigenvalue weighted by molar-refractivity contribution is 6.13. The Kier molecular flexibility index (Phi) is 5.20. The monoisotopic (exact) mass is 365 g/mol. The summed E-state index contributed by atoms with van der Waals surface area (Å²) in [5.74, 6) is -3.57. The van der Waals surface area contributed by atoms with Gasteiger partial charge in [0.1, 0.15) is 5.70 Å². The molecule has 0 aromatic carbocycles. The van der Waals surface area contributed by atoms with E-state index in [1.807, 2.05) is 0 Å². The van der Waals surface area contributed by atoms with Crippen molar-refractivity contribution < 1.29 is 38.1 Å². The lowest BCUT2D eigenvalue weighted by Gasteiger charge is -2.37. The summed E-state index contributed by atoms with van der Waals surface area (Å²) in [6.45, 7) is 0. The summed E-state index contributed by atoms with van der Waals surface area (Å²) in [7, 11) is 5.99. The number of allylic oxidation sites excluding steroid dienone is 2. The van der Waals surface area contributed by atoms with Crippen molar-refractivity contribution in [3.63, 3.8) is 0 Å². The predicted octanol–water partition coefficient (Wildman–Crippen LogP) is -0.271. The lowest BCUT2D eigenvalue weighted by atomic mass is 9.67. The van der Waals surface area contributed by atoms with E-state index in [-0.39, 0.29) is 16.8 Å². The van der Waals surface area contributed by atoms with Gasteiger partial charge in [-0.05, 0) is 0 Å². The molecule has 0 radical (unpaired) electrons. The van der Waals surface area contributed by atoms with Crippen molar-refractivity contribution in [2.24, 2.45) is 5.41 Å². The maximum absolute atomic E-state index is 12.9. The van der Waals surface area contributed by atoms with Crippen LogP contribution < -0.4 is 0 Å². The first-order valence-electron chi connectivity index (χ1n) is 7.52. The molecule has 0 unspecified atom stereocenters. The van der Waals surface area contributed by atoms with Crippen LogP contribution in [0.5, 0.6) is 0 Å². The number of hydrogen-bond donors (Lipinski definition) is 0. The van der Waals surface area contributed by atoms with Crippen LogP contribution in [0.3, 0.4) is 0 Å². The Labute approximate surface area is 149 Å². The number of hydrogen-bond acceptors (Lipinski definition) is 9. The summed E-state index contributed by atoms with van der Waals surface area (Å²) in [6.07, 6.45) is 4.45. The van der Waals surface area contributed by atoms with Gasteiger partial charge in [-0.1, -0.05) is 18.2 Å². The van der Waals surface area contributed by atoms with Gasteiger partial charge in [-0.2, -0.15) is 0 Å². The second kappa shape index (κ2) is 7.03. The van der Waals surface area contributed by atoms with Crippen molar-refractivity contribution >= 4 is 23.9 Å². The highest BCUT2D eigenvalue weighted by Gasteiger charge is 2.65. The molecule has 0 N–H and O–H groups in total. The first-order chi connectivity index (χ1) is 12.3. The van der Waals surface area contributed by atoms with Crippen molar-refractivity contribution in [3.8, 4) is 0 Å². The molecule has 0 saturated heterocycles. The fourth-order valence-electron chi connectivity index (χ4n) is 3.43. The summed E-state index contributed by atoms with van der Waals surface area (Å²) < 4.78 is 19.2. The Morgan fingerprint density at radius 2 is 1.50 bits per heavy atom. The first-order valence-corrected chi connectivity index (χ1v) is 7.52. The predicted molar refractivity (Wildman–Crippen MR) is 86.3 cm³/mol. The number of ether oxygens (including phenoxy) is 4. The lowest BCUT2D eigenvalue weighted by Crippen LogP contribution is -2.51. The van der Waals surface area contributed by atoms with E-state index in [1.54, 1.807) is 6.08 Å². The smallest absolute Gasteiger partial charge is 0.354 e. The molecule has 9 heteroatoms. The van der Waals surface area contributed by atoms with Gasteiger partial charge in [0.2, 0.25) is 0 Å². The van der Waals surface area contributed by atoms with Crippen molar-refractivity contribution in [3.05, 3.63) is 35.1 Å². The Morgan fingerprint density at radius 1 is 0.923 bits per heavy atom. The molecule has 140 valence electrons. The van der Waals surface area contributed by atoms with E-state index in [2.05, 4.69) is 0 Å². The van der Waals surface area contributed by atoms with Crippen LogP contribution in [0.15, 0.2) is 35.1 Å². The summed E-state index contributed by atoms with van der Waals surface area (Å²) >= 11 is 0. The van der Waals surface area contributed by atoms with Crippen LogP contribution >= 0.6 is 0 Å². The number of carbonyl (C=O) groups is 4. The first kappa shape index (κ1) is 19.2. The second-order valence-corrected chi connectivity index (χ2v) is 5.52. The van der Waals surface area contributed by atoms with E-state index in [0.29, 0.717) is 0 Å². The average Bonchev–Trinajstić information content (AvgIpc) is 2.95. The van der Waals surface area contributed by atoms with Crippen molar-refractivity contribution in [2.45, 2.75) is 6.04 Å². The molecule has 0 spiro atoms. The van der Waals surface area contributed by atoms with Gasteiger partial charge < -0.3 is 23.8 Å². The molecular weight excluding hydrogens is 346 g/mol. The third kappa shape index (κ3) is 2.39. The molecule has 0 saturated carbocycles. The molecule has 1 aliphatic heterocycles. The summed E-state index contributed by atoms with van der Waals surface area (Å²) in [5.41, 5.74) is -2.61. The molecule has 26 heavy (non-hydrogen) atoms. The van der Waals surface area contributed by atoms with Crippen LogP contribution in [0.25, 0.3) is 0 Å². The molecule has 0 bridgehead atoms. The number of rotatable bonds is 4. The SMILES string of the molecule is COC(=O)C1=CC=C[C@H]2N(C)C(C(=O)OC)=C(C(=O)OC)[C@@]12C(=O)OC. The van der Waals surface area contributed by atoms with E-state index in [4.69, 9.17) is 18.9 Å². The Hall–Kier alpha value is -3.10. The molecule has 0 aromatic rings. The number of methoxy groups -OCH3 is 4. The zero-order chi connectivity index (χ0) is 19.6. The molecule has 2 rings (SSSR count). The van der Waals surface area contributed by atoms with E-state index in [9.17, 15) is 19.2 Å². The Balaban J connectivity index is 2.94. The summed E-state index contributed by atoms with van der Waals surface area (Å²) in [6, 6.07) is -0.891. The number of carbonyl (C=O) groups excluding carboxylic acids is 4. The van der Waals surface area contributed by atoms with E-state index < -0.39 is 35.3 Å². The third-order valence-electron chi connectivity index (χ3n) is 4.51. The van der Waals surface area contributed by atoms with Crippen LogP contribution in [-0.2, 0) is 38.1 Å². The maximum atomic E-state index is 12.9. The van der Waals surface area contributed by atoms with Gasteiger partial charge in [0.05, 0.1) is 45.6 Å². The molecule has 0 fully saturated rings. The van der Waals surface area contributed by atoms with E-state index in [1.165, 1.54) is 24.1 Å². The zero-order valence-electron chi connectivity index (χ0n) is 15.0. The zero-order valence-corrected chi connectivity index (χ0v) is 15.0. The van der Waals surface area contributed by atoms with Gasteiger partial charge in [0.15, 0.2) is 5.41 Å². The van der Waals surface area contributed by atoms with Crippen molar-refractivity contribution in [2.75, 3.05) is 35.5 Å². The van der Waals surface area contributed by atoms with E-state index in [0.717, 1.165) is 28.4 Å². The van der Waals surface area contributed by atoms with Gasteiger partial charge in [-0.15, -0.1) is 0 Å². The molecule has 0 aromatic heterocycles. The lowest BCUT2D eigenvalue weighted by molar-refractivity contribution is -0.155. The van der Waals surface area contributed by atoms with Crippen LogP contribution in [0.1, 0.15) is 0 Å². The summed E-state index contributed by atoms with van der Waals surface area (Å²) in [4.78, 5) is 51.6. The molecule has 0 amide bonds. The fourth-order valence-corrected chi connectivity index (χ4v) is 3.43. The second-order valence-electron chi connectivity index (χ2n) is 5.52. The standard InChI is InChI=1S/C17H19NO8/c1-18-10-8-6-7-9(13(19)23-2)17(10,16(22)26-5)11(14(20)24-3)12(18)15(21)25-4/h6-8,10H,1-5H3/t10-,17-/m1/s1. The quantitative estimate of drug-likeness (QED) is 0.491. The largest absolute Gasteiger partial charge is 0.468 e. The molecule has 1 aliphatic carbocycles. The van der Waals surface area contributed by atoms with Crippen LogP contribution in [0.2, 0.25) is 0 Å². The minimum Gasteiger partial charge on any atom is -0.468 e. The number of esters is 4. The van der Waals surface area contributed by atoms with Gasteiger partial charge in [-0.3, -0.25) is 4.79 Å². The van der Waals surface area contributed by atoms with Gasteiger partial charge in [0, 0.05) is 7.05 Å². The van der Waals surface area contributed by atoms with Crippen molar-refractivity contribution in [1.82, 2.24) is 4.90 Å². The van der Waals surface area contributed by atoms with Crippen molar-refractivity contribution in [1.29, 1.82) is 0 Å². The maximum Gasteiger partial charge on any atom is 0.354 e. The number of fused-ring (bicyclic) bond motifs is 1. The Morgan fingerprint density at radius 3 is 2.00 bits per heavy atom. The topological polar surface area (TPSA) is 108 Å². The Bertz CT molecular complexity index is 763. The number of likely N-dealkylation sites (N-methyl/N-ethyl adjacent to an activating group) is 1. The fraction of sp³-hybridized carbons (Fsp3) is 0.412. The minimum absolute atomic E-state index is 0.148. The van der Waals surface area contributed by atoms with Crippen LogP contribution in [0.4, 0.5) is 0 Å². The average molecular weight is 365 g/mol. The van der Waals surface area contributed by atoms with Crippen LogP contribution in [0, 0.1) is 5.41 Å². The van der Waals surface area contributed by atoms with Gasteiger partial charge >= 0.3 is 23.9 Å². The molecule has 9 nitrogen and oxygen atoms in total. The number of nitrogens with zero attached hydrogens (tertiary/aromatic N) is 1. The van der Waals surface area contributed by atoms with Gasteiger partial charge in [0.25, 0.3) is 0 Å². The minimum atomic E-state index is -1.93. The highest BCUT2D eigenvalue weighted by Crippen LogP contribution is 2.52. The summed E-state index contributed by atoms with van der Waals surface area (Å²) in [5, 5.41) is 0. The molecule has 2 aliphatic rings. The van der Waals surface area contributed by atoms with Gasteiger partial charge in [-0.25, -0.2) is 14.4 Å². The molecule has 2 atom stereocenters. The molecule has 1 heterocycles. The normalized spacial score (nSPS) is 23.8. The molecular formula is C17H19NO8. The van der Waals surface area contributed by atoms with E-state index >= 15 is 0 Å².